The van der Waals surface area contributed by atoms with E-state index in [1.807, 2.05) is 6.20 Å². The van der Waals surface area contributed by atoms with Crippen LogP contribution < -0.4 is 0 Å². The summed E-state index contributed by atoms with van der Waals surface area (Å²) in [6, 6.07) is 2.10. The molecule has 2 rings (SSSR count). The number of aromatic nitrogens is 1. The van der Waals surface area contributed by atoms with Crippen molar-refractivity contribution in [3.63, 3.8) is 0 Å². The standard InChI is InChI=1S/C10H15NO2/c1-12-10(13-2)6-3-4-8-5-7-11-9(8)10/h5,7,11H,3-4,6H2,1-2H3. The van der Waals surface area contributed by atoms with Crippen LogP contribution in [0.25, 0.3) is 0 Å². The second kappa shape index (κ2) is 3.16. The van der Waals surface area contributed by atoms with E-state index in [2.05, 4.69) is 11.1 Å². The molecule has 1 aliphatic rings. The second-order valence-electron chi connectivity index (χ2n) is 3.39. The van der Waals surface area contributed by atoms with E-state index in [1.54, 1.807) is 14.2 Å². The van der Waals surface area contributed by atoms with Crippen molar-refractivity contribution in [1.82, 2.24) is 4.98 Å². The number of methoxy groups -OCH3 is 2. The van der Waals surface area contributed by atoms with Crippen LogP contribution in [-0.2, 0) is 21.7 Å². The van der Waals surface area contributed by atoms with Crippen molar-refractivity contribution >= 4 is 0 Å². The van der Waals surface area contributed by atoms with Crippen LogP contribution in [0.15, 0.2) is 12.3 Å². The molecule has 3 nitrogen and oxygen atoms in total. The lowest BCUT2D eigenvalue weighted by Crippen LogP contribution is -2.34. The molecule has 1 heterocycles. The average molecular weight is 181 g/mol. The molecular weight excluding hydrogens is 166 g/mol. The summed E-state index contributed by atoms with van der Waals surface area (Å²) < 4.78 is 10.9. The lowest BCUT2D eigenvalue weighted by atomic mass is 9.92. The van der Waals surface area contributed by atoms with Gasteiger partial charge in [0.15, 0.2) is 0 Å². The van der Waals surface area contributed by atoms with Gasteiger partial charge in [-0.3, -0.25) is 0 Å². The van der Waals surface area contributed by atoms with Crippen LogP contribution in [0.1, 0.15) is 24.1 Å². The summed E-state index contributed by atoms with van der Waals surface area (Å²) in [7, 11) is 3.39. The first-order valence-corrected chi connectivity index (χ1v) is 4.59. The highest BCUT2D eigenvalue weighted by atomic mass is 16.7. The first kappa shape index (κ1) is 8.78. The monoisotopic (exact) mass is 181 g/mol. The highest BCUT2D eigenvalue weighted by Crippen LogP contribution is 2.37. The minimum Gasteiger partial charge on any atom is -0.360 e. The van der Waals surface area contributed by atoms with E-state index in [-0.39, 0.29) is 0 Å². The average Bonchev–Trinajstić information content (AvgIpc) is 2.65. The van der Waals surface area contributed by atoms with E-state index in [0.717, 1.165) is 25.0 Å². The molecule has 0 fully saturated rings. The Balaban J connectivity index is 2.43. The van der Waals surface area contributed by atoms with Gasteiger partial charge in [0, 0.05) is 26.8 Å². The van der Waals surface area contributed by atoms with Crippen LogP contribution in [0.4, 0.5) is 0 Å². The van der Waals surface area contributed by atoms with E-state index in [1.165, 1.54) is 5.56 Å². The van der Waals surface area contributed by atoms with Gasteiger partial charge in [-0.25, -0.2) is 0 Å². The maximum absolute atomic E-state index is 5.46. The Morgan fingerprint density at radius 1 is 1.38 bits per heavy atom. The lowest BCUT2D eigenvalue weighted by molar-refractivity contribution is -0.226. The molecule has 0 bridgehead atoms. The maximum atomic E-state index is 5.46. The molecule has 3 heteroatoms. The van der Waals surface area contributed by atoms with Crippen molar-refractivity contribution in [3.05, 3.63) is 23.5 Å². The topological polar surface area (TPSA) is 34.2 Å². The van der Waals surface area contributed by atoms with Gasteiger partial charge in [0.2, 0.25) is 5.79 Å². The quantitative estimate of drug-likeness (QED) is 0.706. The SMILES string of the molecule is COC1(OC)CCCc2cc[nH]c21. The number of nitrogens with one attached hydrogen (secondary N) is 1. The lowest BCUT2D eigenvalue weighted by Gasteiger charge is -2.34. The number of aryl methyl sites for hydroxylation is 1. The van der Waals surface area contributed by atoms with Crippen molar-refractivity contribution < 1.29 is 9.47 Å². The summed E-state index contributed by atoms with van der Waals surface area (Å²) in [6.45, 7) is 0. The first-order chi connectivity index (χ1) is 6.32. The van der Waals surface area contributed by atoms with Gasteiger partial charge in [-0.2, -0.15) is 0 Å². The molecule has 0 spiro atoms. The van der Waals surface area contributed by atoms with E-state index in [4.69, 9.17) is 9.47 Å². The normalized spacial score (nSPS) is 19.8. The van der Waals surface area contributed by atoms with Crippen LogP contribution in [0, 0.1) is 0 Å². The van der Waals surface area contributed by atoms with E-state index >= 15 is 0 Å². The smallest absolute Gasteiger partial charge is 0.209 e. The third kappa shape index (κ3) is 1.19. The van der Waals surface area contributed by atoms with Crippen molar-refractivity contribution in [1.29, 1.82) is 0 Å². The Morgan fingerprint density at radius 3 is 2.85 bits per heavy atom. The fraction of sp³-hybridized carbons (Fsp3) is 0.600. The van der Waals surface area contributed by atoms with Gasteiger partial charge in [0.25, 0.3) is 0 Å². The summed E-state index contributed by atoms with van der Waals surface area (Å²) in [4.78, 5) is 3.20. The maximum Gasteiger partial charge on any atom is 0.209 e. The summed E-state index contributed by atoms with van der Waals surface area (Å²) in [5, 5.41) is 0. The van der Waals surface area contributed by atoms with Crippen LogP contribution in [0.5, 0.6) is 0 Å². The number of rotatable bonds is 2. The highest BCUT2D eigenvalue weighted by molar-refractivity contribution is 5.27. The molecule has 0 aliphatic heterocycles. The van der Waals surface area contributed by atoms with Crippen LogP contribution in [0.2, 0.25) is 0 Å². The number of hydrogen-bond acceptors (Lipinski definition) is 2. The molecule has 1 N–H and O–H groups in total. The molecule has 0 saturated heterocycles. The highest BCUT2D eigenvalue weighted by Gasteiger charge is 2.37. The summed E-state index contributed by atoms with van der Waals surface area (Å²) in [5.41, 5.74) is 2.40. The molecule has 1 aliphatic carbocycles. The first-order valence-electron chi connectivity index (χ1n) is 4.59. The van der Waals surface area contributed by atoms with Crippen LogP contribution in [-0.4, -0.2) is 19.2 Å². The van der Waals surface area contributed by atoms with Gasteiger partial charge in [-0.1, -0.05) is 0 Å². The van der Waals surface area contributed by atoms with Crippen molar-refractivity contribution in [3.8, 4) is 0 Å². The molecule has 0 unspecified atom stereocenters. The zero-order valence-electron chi connectivity index (χ0n) is 8.09. The Bertz CT molecular complexity index is 289. The fourth-order valence-corrected chi connectivity index (χ4v) is 2.09. The Kier molecular flexibility index (Phi) is 2.14. The second-order valence-corrected chi connectivity index (χ2v) is 3.39. The van der Waals surface area contributed by atoms with Crippen molar-refractivity contribution in [2.24, 2.45) is 0 Å². The number of hydrogen-bond donors (Lipinski definition) is 1. The molecule has 0 aromatic carbocycles. The minimum atomic E-state index is -0.531. The third-order valence-corrected chi connectivity index (χ3v) is 2.83. The summed E-state index contributed by atoms with van der Waals surface area (Å²) >= 11 is 0. The number of ether oxygens (including phenoxy) is 2. The van der Waals surface area contributed by atoms with Gasteiger partial charge in [0.05, 0.1) is 5.69 Å². The van der Waals surface area contributed by atoms with Gasteiger partial charge < -0.3 is 14.5 Å². The van der Waals surface area contributed by atoms with Crippen molar-refractivity contribution in [2.75, 3.05) is 14.2 Å². The molecule has 1 aromatic rings. The molecule has 0 saturated carbocycles. The number of H-pyrrole nitrogens is 1. The zero-order valence-corrected chi connectivity index (χ0v) is 8.09. The van der Waals surface area contributed by atoms with Gasteiger partial charge in [-0.15, -0.1) is 0 Å². The fourth-order valence-electron chi connectivity index (χ4n) is 2.09. The molecular formula is C10H15NO2. The largest absolute Gasteiger partial charge is 0.360 e. The molecule has 0 amide bonds. The van der Waals surface area contributed by atoms with Crippen molar-refractivity contribution in [2.45, 2.75) is 25.0 Å². The molecule has 1 aromatic heterocycles. The molecule has 13 heavy (non-hydrogen) atoms. The molecule has 0 atom stereocenters. The van der Waals surface area contributed by atoms with Gasteiger partial charge in [-0.05, 0) is 24.5 Å². The minimum absolute atomic E-state index is 0.531. The van der Waals surface area contributed by atoms with E-state index in [0.29, 0.717) is 0 Å². The predicted molar refractivity (Wildman–Crippen MR) is 49.4 cm³/mol. The summed E-state index contributed by atoms with van der Waals surface area (Å²) in [6.07, 6.45) is 5.11. The Labute approximate surface area is 78.1 Å². The molecule has 72 valence electrons. The van der Waals surface area contributed by atoms with Gasteiger partial charge in [0.1, 0.15) is 0 Å². The Morgan fingerprint density at radius 2 is 2.15 bits per heavy atom. The summed E-state index contributed by atoms with van der Waals surface area (Å²) in [5.74, 6) is -0.531. The van der Waals surface area contributed by atoms with Crippen LogP contribution >= 0.6 is 0 Å². The van der Waals surface area contributed by atoms with E-state index < -0.39 is 5.79 Å². The third-order valence-electron chi connectivity index (χ3n) is 2.83. The Hall–Kier alpha value is -0.800. The zero-order chi connectivity index (χ0) is 9.31. The molecule has 0 radical (unpaired) electrons. The number of fused-ring (bicyclic) bond motifs is 1. The van der Waals surface area contributed by atoms with E-state index in [9.17, 15) is 0 Å². The van der Waals surface area contributed by atoms with Crippen LogP contribution in [0.3, 0.4) is 0 Å². The predicted octanol–water partition coefficient (Wildman–Crippen LogP) is 1.80. The van der Waals surface area contributed by atoms with Gasteiger partial charge >= 0.3 is 0 Å². The number of aromatic amines is 1.